The molecular weight excluding hydrogens is 206 g/mol. The van der Waals surface area contributed by atoms with Gasteiger partial charge in [-0.15, -0.1) is 0 Å². The van der Waals surface area contributed by atoms with Gasteiger partial charge in [0.05, 0.1) is 12.6 Å². The maximum atomic E-state index is 11.3. The Balaban J connectivity index is 2.63. The number of carbonyl (C=O) groups is 2. The first-order valence-electron chi connectivity index (χ1n) is 5.79. The van der Waals surface area contributed by atoms with Crippen LogP contribution in [0.15, 0.2) is 0 Å². The number of hydrogen-bond donors (Lipinski definition) is 2. The van der Waals surface area contributed by atoms with Gasteiger partial charge in [-0.2, -0.15) is 0 Å². The van der Waals surface area contributed by atoms with Crippen LogP contribution in [-0.4, -0.2) is 42.4 Å². The summed E-state index contributed by atoms with van der Waals surface area (Å²) in [7, 11) is 1.79. The molecule has 0 bridgehead atoms. The topological polar surface area (TPSA) is 75.4 Å². The van der Waals surface area contributed by atoms with Crippen LogP contribution in [-0.2, 0) is 9.59 Å². The molecule has 2 amide bonds. The van der Waals surface area contributed by atoms with Crippen molar-refractivity contribution in [2.24, 2.45) is 5.73 Å². The third-order valence-electron chi connectivity index (χ3n) is 3.26. The Kier molecular flexibility index (Phi) is 4.73. The lowest BCUT2D eigenvalue weighted by molar-refractivity contribution is -0.132. The van der Waals surface area contributed by atoms with Crippen LogP contribution in [0.5, 0.6) is 0 Å². The first-order valence-corrected chi connectivity index (χ1v) is 5.79. The Bertz CT molecular complexity index is 268. The van der Waals surface area contributed by atoms with Crippen molar-refractivity contribution in [2.45, 2.75) is 44.7 Å². The van der Waals surface area contributed by atoms with Gasteiger partial charge < -0.3 is 16.0 Å². The van der Waals surface area contributed by atoms with Crippen LogP contribution in [0.3, 0.4) is 0 Å². The number of nitrogens with zero attached hydrogens (tertiary/aromatic N) is 1. The number of carbonyl (C=O) groups excluding carboxylic acids is 2. The van der Waals surface area contributed by atoms with Crippen molar-refractivity contribution in [2.75, 3.05) is 13.6 Å². The quantitative estimate of drug-likeness (QED) is 0.704. The molecule has 1 rings (SSSR count). The zero-order chi connectivity index (χ0) is 12.1. The summed E-state index contributed by atoms with van der Waals surface area (Å²) in [6.07, 6.45) is 4.08. The van der Waals surface area contributed by atoms with Crippen LogP contribution >= 0.6 is 0 Å². The molecule has 0 aromatic rings. The average Bonchev–Trinajstić information content (AvgIpc) is 2.28. The van der Waals surface area contributed by atoms with E-state index in [0.29, 0.717) is 0 Å². The lowest BCUT2D eigenvalue weighted by Gasteiger charge is -2.37. The van der Waals surface area contributed by atoms with Crippen molar-refractivity contribution < 1.29 is 9.59 Å². The van der Waals surface area contributed by atoms with Crippen LogP contribution in [0.1, 0.15) is 32.6 Å². The minimum atomic E-state index is -0.145. The second-order valence-corrected chi connectivity index (χ2v) is 4.36. The van der Waals surface area contributed by atoms with Gasteiger partial charge in [-0.05, 0) is 12.8 Å². The van der Waals surface area contributed by atoms with Gasteiger partial charge in [-0.3, -0.25) is 9.59 Å². The van der Waals surface area contributed by atoms with E-state index in [-0.39, 0.29) is 30.4 Å². The summed E-state index contributed by atoms with van der Waals surface area (Å²) in [5.74, 6) is -0.104. The predicted octanol–water partition coefficient (Wildman–Crippen LogP) is -0.149. The molecule has 5 heteroatoms. The van der Waals surface area contributed by atoms with Crippen molar-refractivity contribution in [1.82, 2.24) is 10.2 Å². The van der Waals surface area contributed by atoms with E-state index in [0.717, 1.165) is 25.7 Å². The van der Waals surface area contributed by atoms with Crippen molar-refractivity contribution in [3.8, 4) is 0 Å². The van der Waals surface area contributed by atoms with Crippen LogP contribution < -0.4 is 11.1 Å². The monoisotopic (exact) mass is 227 g/mol. The Labute approximate surface area is 96.4 Å². The lowest BCUT2D eigenvalue weighted by atomic mass is 9.89. The van der Waals surface area contributed by atoms with Crippen molar-refractivity contribution in [3.63, 3.8) is 0 Å². The molecule has 5 nitrogen and oxygen atoms in total. The van der Waals surface area contributed by atoms with E-state index < -0.39 is 0 Å². The summed E-state index contributed by atoms with van der Waals surface area (Å²) in [6, 6.07) is 0.167. The third kappa shape index (κ3) is 3.20. The molecule has 0 aromatic heterocycles. The highest BCUT2D eigenvalue weighted by Crippen LogP contribution is 2.22. The summed E-state index contributed by atoms with van der Waals surface area (Å²) < 4.78 is 0. The molecule has 92 valence electrons. The summed E-state index contributed by atoms with van der Waals surface area (Å²) in [4.78, 5) is 24.3. The van der Waals surface area contributed by atoms with E-state index in [4.69, 9.17) is 5.73 Å². The zero-order valence-corrected chi connectivity index (χ0v) is 10.0. The lowest BCUT2D eigenvalue weighted by Crippen LogP contribution is -2.54. The molecule has 0 aliphatic heterocycles. The molecular formula is C11H21N3O2. The van der Waals surface area contributed by atoms with E-state index in [1.165, 1.54) is 0 Å². The first-order chi connectivity index (χ1) is 7.56. The smallest absolute Gasteiger partial charge is 0.234 e. The fourth-order valence-corrected chi connectivity index (χ4v) is 2.24. The first kappa shape index (κ1) is 13.0. The largest absolute Gasteiger partial charge is 0.350 e. The highest BCUT2D eigenvalue weighted by molar-refractivity contribution is 5.78. The number of nitrogens with two attached hydrogens (primary N) is 1. The van der Waals surface area contributed by atoms with E-state index in [9.17, 15) is 9.59 Å². The van der Waals surface area contributed by atoms with Crippen LogP contribution in [0.2, 0.25) is 0 Å². The zero-order valence-electron chi connectivity index (χ0n) is 10.0. The van der Waals surface area contributed by atoms with Gasteiger partial charge >= 0.3 is 0 Å². The number of hydrogen-bond acceptors (Lipinski definition) is 3. The number of amides is 2. The Hall–Kier alpha value is -1.10. The number of likely N-dealkylation sites (N-methyl/N-ethyl adjacent to an activating group) is 1. The molecule has 16 heavy (non-hydrogen) atoms. The molecule has 1 fully saturated rings. The van der Waals surface area contributed by atoms with E-state index in [1.54, 1.807) is 18.9 Å². The molecule has 0 spiro atoms. The van der Waals surface area contributed by atoms with E-state index in [2.05, 4.69) is 5.32 Å². The van der Waals surface area contributed by atoms with Crippen molar-refractivity contribution >= 4 is 11.8 Å². The van der Waals surface area contributed by atoms with Crippen LogP contribution in [0, 0.1) is 0 Å². The molecule has 1 aliphatic rings. The minimum Gasteiger partial charge on any atom is -0.350 e. The van der Waals surface area contributed by atoms with E-state index >= 15 is 0 Å². The second kappa shape index (κ2) is 5.84. The molecule has 1 saturated carbocycles. The molecule has 0 radical (unpaired) electrons. The highest BCUT2D eigenvalue weighted by Gasteiger charge is 2.30. The van der Waals surface area contributed by atoms with Gasteiger partial charge in [0, 0.05) is 20.0 Å². The SMILES string of the molecule is CC(=O)N(C)[C@H]1CCCC[C@H]1NC(=O)CN. The molecule has 0 saturated heterocycles. The fraction of sp³-hybridized carbons (Fsp3) is 0.818. The fourth-order valence-electron chi connectivity index (χ4n) is 2.24. The number of rotatable bonds is 3. The molecule has 2 atom stereocenters. The Morgan fingerprint density at radius 1 is 1.38 bits per heavy atom. The maximum Gasteiger partial charge on any atom is 0.234 e. The molecule has 0 aromatic carbocycles. The summed E-state index contributed by atoms with van der Waals surface area (Å²) in [5, 5.41) is 2.90. The normalized spacial score (nSPS) is 24.9. The second-order valence-electron chi connectivity index (χ2n) is 4.36. The molecule has 0 unspecified atom stereocenters. The van der Waals surface area contributed by atoms with Crippen molar-refractivity contribution in [1.29, 1.82) is 0 Å². The minimum absolute atomic E-state index is 0.00695. The van der Waals surface area contributed by atoms with Gasteiger partial charge in [0.1, 0.15) is 0 Å². The summed E-state index contributed by atoms with van der Waals surface area (Å²) in [6.45, 7) is 1.56. The number of nitrogens with one attached hydrogen (secondary N) is 1. The van der Waals surface area contributed by atoms with Crippen LogP contribution in [0.25, 0.3) is 0 Å². The van der Waals surface area contributed by atoms with Gasteiger partial charge in [0.25, 0.3) is 0 Å². The summed E-state index contributed by atoms with van der Waals surface area (Å²) >= 11 is 0. The standard InChI is InChI=1S/C11H21N3O2/c1-8(15)14(2)10-6-4-3-5-9(10)13-11(16)7-12/h9-10H,3-7,12H2,1-2H3,(H,13,16)/t9-,10+/m1/s1. The average molecular weight is 227 g/mol. The van der Waals surface area contributed by atoms with Gasteiger partial charge in [-0.1, -0.05) is 12.8 Å². The van der Waals surface area contributed by atoms with Gasteiger partial charge in [0.15, 0.2) is 0 Å². The third-order valence-corrected chi connectivity index (χ3v) is 3.26. The Morgan fingerprint density at radius 3 is 2.56 bits per heavy atom. The van der Waals surface area contributed by atoms with Gasteiger partial charge in [-0.25, -0.2) is 0 Å². The highest BCUT2D eigenvalue weighted by atomic mass is 16.2. The summed E-state index contributed by atoms with van der Waals surface area (Å²) in [5.41, 5.74) is 5.28. The Morgan fingerprint density at radius 2 is 2.00 bits per heavy atom. The maximum absolute atomic E-state index is 11.3. The van der Waals surface area contributed by atoms with E-state index in [1.807, 2.05) is 0 Å². The van der Waals surface area contributed by atoms with Gasteiger partial charge in [0.2, 0.25) is 11.8 Å². The molecule has 0 heterocycles. The van der Waals surface area contributed by atoms with Crippen LogP contribution in [0.4, 0.5) is 0 Å². The van der Waals surface area contributed by atoms with Crippen molar-refractivity contribution in [3.05, 3.63) is 0 Å². The predicted molar refractivity (Wildman–Crippen MR) is 61.7 cm³/mol. The molecule has 1 aliphatic carbocycles. The molecule has 3 N–H and O–H groups in total.